The Kier molecular flexibility index (Phi) is 4.74. The number of hydrogen-bond acceptors (Lipinski definition) is 6. The van der Waals surface area contributed by atoms with Crippen LogP contribution >= 0.6 is 0 Å². The molecule has 0 aromatic carbocycles. The predicted molar refractivity (Wildman–Crippen MR) is 66.0 cm³/mol. The standard InChI is InChI=1S/C11H21NO5S/c1-11(2,3)10(13)17-12-6-5-9(7-12)8-16-18(4,14)15/h9H,5-8H2,1-4H3. The molecule has 0 radical (unpaired) electrons. The van der Waals surface area contributed by atoms with Crippen molar-refractivity contribution in [3.63, 3.8) is 0 Å². The first-order chi connectivity index (χ1) is 8.08. The lowest BCUT2D eigenvalue weighted by molar-refractivity contribution is -0.196. The van der Waals surface area contributed by atoms with Crippen LogP contribution in [-0.2, 0) is 23.9 Å². The van der Waals surface area contributed by atoms with E-state index >= 15 is 0 Å². The van der Waals surface area contributed by atoms with Crippen molar-refractivity contribution < 1.29 is 22.2 Å². The Morgan fingerprint density at radius 1 is 1.39 bits per heavy atom. The molecule has 1 aliphatic heterocycles. The van der Waals surface area contributed by atoms with Gasteiger partial charge in [-0.25, -0.2) is 4.79 Å². The van der Waals surface area contributed by atoms with E-state index in [4.69, 9.17) is 9.02 Å². The van der Waals surface area contributed by atoms with Crippen molar-refractivity contribution in [2.75, 3.05) is 26.0 Å². The Morgan fingerprint density at radius 3 is 2.50 bits per heavy atom. The minimum atomic E-state index is -3.40. The average molecular weight is 279 g/mol. The van der Waals surface area contributed by atoms with Crippen LogP contribution in [0.5, 0.6) is 0 Å². The first kappa shape index (κ1) is 15.4. The second kappa shape index (κ2) is 5.54. The van der Waals surface area contributed by atoms with Gasteiger partial charge in [0.25, 0.3) is 10.1 Å². The van der Waals surface area contributed by atoms with E-state index in [1.165, 1.54) is 0 Å². The van der Waals surface area contributed by atoms with Gasteiger partial charge in [-0.2, -0.15) is 8.42 Å². The van der Waals surface area contributed by atoms with E-state index < -0.39 is 15.5 Å². The van der Waals surface area contributed by atoms with Crippen LogP contribution in [-0.4, -0.2) is 45.4 Å². The molecule has 1 unspecified atom stereocenters. The summed E-state index contributed by atoms with van der Waals surface area (Å²) in [5.74, 6) is -0.209. The van der Waals surface area contributed by atoms with E-state index in [1.807, 2.05) is 0 Å². The summed E-state index contributed by atoms with van der Waals surface area (Å²) >= 11 is 0. The van der Waals surface area contributed by atoms with Gasteiger partial charge in [0.1, 0.15) is 0 Å². The molecule has 0 aliphatic carbocycles. The topological polar surface area (TPSA) is 72.9 Å². The maximum Gasteiger partial charge on any atom is 0.330 e. The van der Waals surface area contributed by atoms with Gasteiger partial charge >= 0.3 is 5.97 Å². The van der Waals surface area contributed by atoms with Crippen LogP contribution in [0, 0.1) is 11.3 Å². The molecule has 0 bridgehead atoms. The van der Waals surface area contributed by atoms with E-state index in [-0.39, 0.29) is 18.5 Å². The molecule has 1 rings (SSSR count). The van der Waals surface area contributed by atoms with Crippen LogP contribution in [0.3, 0.4) is 0 Å². The van der Waals surface area contributed by atoms with E-state index in [9.17, 15) is 13.2 Å². The summed E-state index contributed by atoms with van der Waals surface area (Å²) in [7, 11) is -3.40. The summed E-state index contributed by atoms with van der Waals surface area (Å²) in [5, 5.41) is 1.57. The monoisotopic (exact) mass is 279 g/mol. The fourth-order valence-electron chi connectivity index (χ4n) is 1.49. The van der Waals surface area contributed by atoms with Gasteiger partial charge in [-0.1, -0.05) is 0 Å². The summed E-state index contributed by atoms with van der Waals surface area (Å²) in [4.78, 5) is 16.9. The Hall–Kier alpha value is -0.660. The molecular weight excluding hydrogens is 258 g/mol. The second-order valence-electron chi connectivity index (χ2n) is 5.66. The van der Waals surface area contributed by atoms with Crippen LogP contribution in [0.1, 0.15) is 27.2 Å². The van der Waals surface area contributed by atoms with E-state index in [0.29, 0.717) is 13.1 Å². The van der Waals surface area contributed by atoms with Crippen molar-refractivity contribution in [1.29, 1.82) is 0 Å². The Morgan fingerprint density at radius 2 is 2.00 bits per heavy atom. The Labute approximate surface area is 108 Å². The molecule has 7 heteroatoms. The number of hydroxylamine groups is 2. The quantitative estimate of drug-likeness (QED) is 0.708. The lowest BCUT2D eigenvalue weighted by Gasteiger charge is -2.21. The third kappa shape index (κ3) is 5.32. The number of nitrogens with zero attached hydrogens (tertiary/aromatic N) is 1. The zero-order valence-electron chi connectivity index (χ0n) is 11.3. The van der Waals surface area contributed by atoms with E-state index in [2.05, 4.69) is 0 Å². The van der Waals surface area contributed by atoms with Crippen molar-refractivity contribution in [2.45, 2.75) is 27.2 Å². The van der Waals surface area contributed by atoms with Crippen molar-refractivity contribution in [2.24, 2.45) is 11.3 Å². The Balaban J connectivity index is 2.36. The lowest BCUT2D eigenvalue weighted by Crippen LogP contribution is -2.32. The van der Waals surface area contributed by atoms with Gasteiger partial charge in [-0.3, -0.25) is 4.18 Å². The van der Waals surface area contributed by atoms with Gasteiger partial charge in [-0.05, 0) is 27.2 Å². The highest BCUT2D eigenvalue weighted by atomic mass is 32.2. The lowest BCUT2D eigenvalue weighted by atomic mass is 9.98. The Bertz CT molecular complexity index is 398. The molecule has 6 nitrogen and oxygen atoms in total. The molecule has 0 N–H and O–H groups in total. The molecule has 18 heavy (non-hydrogen) atoms. The molecule has 0 amide bonds. The first-order valence-electron chi connectivity index (χ1n) is 5.89. The summed E-state index contributed by atoms with van der Waals surface area (Å²) in [6.45, 7) is 6.63. The van der Waals surface area contributed by atoms with Gasteiger partial charge in [0, 0.05) is 19.0 Å². The molecule has 1 saturated heterocycles. The van der Waals surface area contributed by atoms with Gasteiger partial charge in [0.2, 0.25) is 0 Å². The van der Waals surface area contributed by atoms with Gasteiger partial charge in [0.15, 0.2) is 0 Å². The largest absolute Gasteiger partial charge is 0.367 e. The van der Waals surface area contributed by atoms with E-state index in [1.54, 1.807) is 25.8 Å². The van der Waals surface area contributed by atoms with Gasteiger partial charge in [0.05, 0.1) is 18.3 Å². The minimum absolute atomic E-state index is 0.0764. The number of carbonyl (C=O) groups excluding carboxylic acids is 1. The smallest absolute Gasteiger partial charge is 0.330 e. The maximum atomic E-state index is 11.7. The molecule has 0 spiro atoms. The highest BCUT2D eigenvalue weighted by molar-refractivity contribution is 7.85. The molecule has 0 aromatic heterocycles. The maximum absolute atomic E-state index is 11.7. The zero-order chi connectivity index (χ0) is 14.0. The number of carbonyl (C=O) groups is 1. The summed E-state index contributed by atoms with van der Waals surface area (Å²) in [6, 6.07) is 0. The summed E-state index contributed by atoms with van der Waals surface area (Å²) in [6.07, 6.45) is 1.78. The molecular formula is C11H21NO5S. The molecule has 0 aromatic rings. The predicted octanol–water partition coefficient (Wildman–Crippen LogP) is 0.789. The van der Waals surface area contributed by atoms with Crippen LogP contribution in [0.15, 0.2) is 0 Å². The second-order valence-corrected chi connectivity index (χ2v) is 7.30. The molecule has 1 fully saturated rings. The third-order valence-electron chi connectivity index (χ3n) is 2.59. The number of rotatable bonds is 4. The normalized spacial score (nSPS) is 22.1. The third-order valence-corrected chi connectivity index (χ3v) is 3.16. The highest BCUT2D eigenvalue weighted by Gasteiger charge is 2.30. The van der Waals surface area contributed by atoms with Crippen molar-refractivity contribution in [1.82, 2.24) is 5.06 Å². The SMILES string of the molecule is CC(C)(C)C(=O)ON1CCC(COS(C)(=O)=O)C1. The minimum Gasteiger partial charge on any atom is -0.367 e. The van der Waals surface area contributed by atoms with Crippen LogP contribution in [0.4, 0.5) is 0 Å². The zero-order valence-corrected chi connectivity index (χ0v) is 12.1. The van der Waals surface area contributed by atoms with Gasteiger partial charge in [-0.15, -0.1) is 5.06 Å². The van der Waals surface area contributed by atoms with Crippen LogP contribution in [0.25, 0.3) is 0 Å². The first-order valence-corrected chi connectivity index (χ1v) is 7.71. The van der Waals surface area contributed by atoms with Crippen molar-refractivity contribution in [3.8, 4) is 0 Å². The van der Waals surface area contributed by atoms with E-state index in [0.717, 1.165) is 12.7 Å². The molecule has 1 atom stereocenters. The number of hydrogen-bond donors (Lipinski definition) is 0. The van der Waals surface area contributed by atoms with Crippen LogP contribution < -0.4 is 0 Å². The molecule has 1 heterocycles. The summed E-state index contributed by atoms with van der Waals surface area (Å²) < 4.78 is 26.5. The molecule has 106 valence electrons. The fourth-order valence-corrected chi connectivity index (χ4v) is 1.93. The van der Waals surface area contributed by atoms with Crippen molar-refractivity contribution in [3.05, 3.63) is 0 Å². The van der Waals surface area contributed by atoms with Crippen LogP contribution in [0.2, 0.25) is 0 Å². The molecule has 0 saturated carbocycles. The summed E-state index contributed by atoms with van der Waals surface area (Å²) in [5.41, 5.74) is -0.540. The highest BCUT2D eigenvalue weighted by Crippen LogP contribution is 2.21. The average Bonchev–Trinajstić information content (AvgIpc) is 2.60. The fraction of sp³-hybridized carbons (Fsp3) is 0.909. The van der Waals surface area contributed by atoms with Gasteiger partial charge < -0.3 is 4.84 Å². The molecule has 1 aliphatic rings. The van der Waals surface area contributed by atoms with Crippen molar-refractivity contribution >= 4 is 16.1 Å².